The van der Waals surface area contributed by atoms with Gasteiger partial charge in [-0.3, -0.25) is 19.6 Å². The van der Waals surface area contributed by atoms with Gasteiger partial charge < -0.3 is 14.7 Å². The van der Waals surface area contributed by atoms with E-state index in [1.807, 2.05) is 0 Å². The lowest BCUT2D eigenvalue weighted by molar-refractivity contribution is -0.140. The molecule has 3 heterocycles. The third-order valence-corrected chi connectivity index (χ3v) is 5.63. The molecule has 2 aromatic heterocycles. The van der Waals surface area contributed by atoms with E-state index < -0.39 is 23.5 Å². The third kappa shape index (κ3) is 3.92. The van der Waals surface area contributed by atoms with E-state index in [9.17, 15) is 14.7 Å². The molecule has 7 nitrogen and oxygen atoms in total. The molecule has 0 radical (unpaired) electrons. The molecule has 9 heteroatoms. The van der Waals surface area contributed by atoms with Crippen molar-refractivity contribution in [2.24, 2.45) is 0 Å². The number of rotatable bonds is 5. The van der Waals surface area contributed by atoms with Gasteiger partial charge in [0.25, 0.3) is 11.7 Å². The maximum atomic E-state index is 13.1. The second-order valence-electron chi connectivity index (χ2n) is 7.03. The summed E-state index contributed by atoms with van der Waals surface area (Å²) in [5, 5.41) is 11.6. The number of hydrogen-bond donors (Lipinski definition) is 1. The number of hydrogen-bond acceptors (Lipinski definition) is 6. The molecule has 32 heavy (non-hydrogen) atoms. The second-order valence-corrected chi connectivity index (χ2v) is 7.88. The number of ketones is 1. The largest absolute Gasteiger partial charge is 0.507 e. The molecule has 4 rings (SSSR count). The van der Waals surface area contributed by atoms with E-state index in [4.69, 9.17) is 27.9 Å². The van der Waals surface area contributed by atoms with Gasteiger partial charge in [0.1, 0.15) is 11.5 Å². The Kier molecular flexibility index (Phi) is 6.12. The summed E-state index contributed by atoms with van der Waals surface area (Å²) in [5.41, 5.74) is 1.42. The van der Waals surface area contributed by atoms with Crippen LogP contribution in [0.2, 0.25) is 10.0 Å². The first-order valence-electron chi connectivity index (χ1n) is 9.53. The van der Waals surface area contributed by atoms with Gasteiger partial charge in [-0.15, -0.1) is 0 Å². The van der Waals surface area contributed by atoms with E-state index in [1.54, 1.807) is 49.1 Å². The number of Topliss-reactive ketones (excluding diaryl/α,β-unsaturated/α-hetero) is 1. The van der Waals surface area contributed by atoms with Crippen LogP contribution >= 0.6 is 23.2 Å². The molecule has 0 spiro atoms. The van der Waals surface area contributed by atoms with Crippen LogP contribution in [0.1, 0.15) is 22.7 Å². The summed E-state index contributed by atoms with van der Waals surface area (Å²) < 4.78 is 5.33. The predicted octanol–water partition coefficient (Wildman–Crippen LogP) is 4.41. The minimum absolute atomic E-state index is 0.0908. The number of aliphatic hydroxyl groups is 1. The Morgan fingerprint density at radius 2 is 1.69 bits per heavy atom. The van der Waals surface area contributed by atoms with Crippen molar-refractivity contribution < 1.29 is 19.4 Å². The van der Waals surface area contributed by atoms with E-state index in [1.165, 1.54) is 24.1 Å². The molecule has 1 aliphatic heterocycles. The third-order valence-electron chi connectivity index (χ3n) is 5.13. The van der Waals surface area contributed by atoms with E-state index in [0.29, 0.717) is 5.56 Å². The highest BCUT2D eigenvalue weighted by Crippen LogP contribution is 2.43. The average Bonchev–Trinajstić information content (AvgIpc) is 3.04. The highest BCUT2D eigenvalue weighted by atomic mass is 35.5. The molecule has 1 aromatic carbocycles. The standard InChI is InChI=1S/C23H17Cl2N3O4/c1-32-22-16(10-15(24)11-17(22)25)20(29)18-19(14-4-8-27-9-5-14)28(23(31)21(18)30)12-13-2-6-26-7-3-13/h2-11,19,29H,12H2,1H3/b20-18+. The van der Waals surface area contributed by atoms with Crippen molar-refractivity contribution in [3.05, 3.63) is 93.5 Å². The van der Waals surface area contributed by atoms with Gasteiger partial charge in [0.05, 0.1) is 29.3 Å². The fourth-order valence-corrected chi connectivity index (χ4v) is 4.28. The predicted molar refractivity (Wildman–Crippen MR) is 119 cm³/mol. The smallest absolute Gasteiger partial charge is 0.295 e. The number of pyridine rings is 2. The molecule has 1 saturated heterocycles. The Hall–Kier alpha value is -3.42. The first-order valence-corrected chi connectivity index (χ1v) is 10.3. The Bertz CT molecular complexity index is 1220. The highest BCUT2D eigenvalue weighted by molar-refractivity contribution is 6.46. The zero-order valence-electron chi connectivity index (χ0n) is 16.8. The number of carbonyl (C=O) groups is 2. The van der Waals surface area contributed by atoms with Gasteiger partial charge in [0.15, 0.2) is 0 Å². The molecule has 1 amide bonds. The molecule has 1 atom stereocenters. The van der Waals surface area contributed by atoms with Crippen LogP contribution in [-0.4, -0.2) is 38.8 Å². The maximum Gasteiger partial charge on any atom is 0.295 e. The lowest BCUT2D eigenvalue weighted by Crippen LogP contribution is -2.29. The van der Waals surface area contributed by atoms with Crippen LogP contribution in [0, 0.1) is 0 Å². The summed E-state index contributed by atoms with van der Waals surface area (Å²) in [4.78, 5) is 35.6. The topological polar surface area (TPSA) is 92.6 Å². The van der Waals surface area contributed by atoms with Crippen molar-refractivity contribution in [1.82, 2.24) is 14.9 Å². The van der Waals surface area contributed by atoms with Gasteiger partial charge in [-0.05, 0) is 47.5 Å². The molecular weight excluding hydrogens is 453 g/mol. The second kappa shape index (κ2) is 8.98. The minimum Gasteiger partial charge on any atom is -0.507 e. The number of likely N-dealkylation sites (tertiary alicyclic amines) is 1. The Balaban J connectivity index is 1.92. The maximum absolute atomic E-state index is 13.1. The van der Waals surface area contributed by atoms with Crippen LogP contribution in [0.15, 0.2) is 66.8 Å². The van der Waals surface area contributed by atoms with E-state index in [-0.39, 0.29) is 33.5 Å². The number of amides is 1. The summed E-state index contributed by atoms with van der Waals surface area (Å²) in [7, 11) is 1.38. The van der Waals surface area contributed by atoms with Crippen molar-refractivity contribution in [2.45, 2.75) is 12.6 Å². The zero-order chi connectivity index (χ0) is 22.8. The molecule has 3 aromatic rings. The fourth-order valence-electron chi connectivity index (χ4n) is 3.71. The van der Waals surface area contributed by atoms with Crippen molar-refractivity contribution in [3.8, 4) is 5.75 Å². The average molecular weight is 470 g/mol. The Morgan fingerprint density at radius 3 is 2.31 bits per heavy atom. The molecule has 1 fully saturated rings. The quantitative estimate of drug-likeness (QED) is 0.337. The fraction of sp³-hybridized carbons (Fsp3) is 0.130. The van der Waals surface area contributed by atoms with Crippen molar-refractivity contribution in [1.29, 1.82) is 0 Å². The summed E-state index contributed by atoms with van der Waals surface area (Å²) in [6, 6.07) is 8.92. The van der Waals surface area contributed by atoms with Crippen molar-refractivity contribution in [3.63, 3.8) is 0 Å². The van der Waals surface area contributed by atoms with Crippen molar-refractivity contribution in [2.75, 3.05) is 7.11 Å². The number of halogens is 2. The van der Waals surface area contributed by atoms with Gasteiger partial charge in [-0.1, -0.05) is 23.2 Å². The van der Waals surface area contributed by atoms with Crippen LogP contribution in [-0.2, 0) is 16.1 Å². The molecule has 162 valence electrons. The molecule has 1 unspecified atom stereocenters. The van der Waals surface area contributed by atoms with Crippen LogP contribution < -0.4 is 4.74 Å². The lowest BCUT2D eigenvalue weighted by atomic mass is 9.95. The monoisotopic (exact) mass is 469 g/mol. The van der Waals surface area contributed by atoms with Crippen LogP contribution in [0.25, 0.3) is 5.76 Å². The summed E-state index contributed by atoms with van der Waals surface area (Å²) >= 11 is 12.4. The molecular formula is C23H17Cl2N3O4. The van der Waals surface area contributed by atoms with Crippen LogP contribution in [0.3, 0.4) is 0 Å². The minimum atomic E-state index is -0.853. The van der Waals surface area contributed by atoms with E-state index in [2.05, 4.69) is 9.97 Å². The summed E-state index contributed by atoms with van der Waals surface area (Å²) in [6.07, 6.45) is 6.32. The van der Waals surface area contributed by atoms with Crippen LogP contribution in [0.4, 0.5) is 0 Å². The first kappa shape index (κ1) is 21.8. The van der Waals surface area contributed by atoms with Gasteiger partial charge in [-0.2, -0.15) is 0 Å². The van der Waals surface area contributed by atoms with Gasteiger partial charge in [-0.25, -0.2) is 0 Å². The van der Waals surface area contributed by atoms with Gasteiger partial charge in [0.2, 0.25) is 0 Å². The van der Waals surface area contributed by atoms with Crippen molar-refractivity contribution >= 4 is 40.7 Å². The zero-order valence-corrected chi connectivity index (χ0v) is 18.3. The Labute approximate surface area is 193 Å². The van der Waals surface area contributed by atoms with Crippen LogP contribution in [0.5, 0.6) is 5.75 Å². The molecule has 0 bridgehead atoms. The summed E-state index contributed by atoms with van der Waals surface area (Å²) in [6.45, 7) is 0.143. The number of methoxy groups -OCH3 is 1. The van der Waals surface area contributed by atoms with Gasteiger partial charge in [0, 0.05) is 36.4 Å². The Morgan fingerprint density at radius 1 is 1.06 bits per heavy atom. The number of carbonyl (C=O) groups excluding carboxylic acids is 2. The summed E-state index contributed by atoms with van der Waals surface area (Å²) in [5.74, 6) is -1.85. The highest BCUT2D eigenvalue weighted by Gasteiger charge is 2.46. The normalized spacial score (nSPS) is 17.6. The molecule has 0 saturated carbocycles. The van der Waals surface area contributed by atoms with E-state index >= 15 is 0 Å². The van der Waals surface area contributed by atoms with E-state index in [0.717, 1.165) is 5.56 Å². The number of aromatic nitrogens is 2. The number of benzene rings is 1. The first-order chi connectivity index (χ1) is 15.4. The molecule has 0 aliphatic carbocycles. The lowest BCUT2D eigenvalue weighted by Gasteiger charge is -2.25. The molecule has 1 N–H and O–H groups in total. The SMILES string of the molecule is COc1c(Cl)cc(Cl)cc1/C(O)=C1\C(=O)C(=O)N(Cc2ccncc2)C1c1ccncc1. The molecule has 1 aliphatic rings. The number of nitrogens with zero attached hydrogens (tertiary/aromatic N) is 3. The van der Waals surface area contributed by atoms with Gasteiger partial charge >= 0.3 is 0 Å². The number of aliphatic hydroxyl groups excluding tert-OH is 1. The number of ether oxygens (including phenoxy) is 1.